The van der Waals surface area contributed by atoms with Crippen LogP contribution in [0.25, 0.3) is 0 Å². The Bertz CT molecular complexity index is 888. The molecular weight excluding hydrogens is 930 g/mol. The van der Waals surface area contributed by atoms with Gasteiger partial charge < -0.3 is 59.8 Å². The molecule has 0 spiro atoms. The Kier molecular flexibility index (Phi) is 32.7. The maximum absolute atomic E-state index is 8.56. The Hall–Kier alpha value is 1.39. The van der Waals surface area contributed by atoms with Gasteiger partial charge in [0, 0.05) is 50.9 Å². The van der Waals surface area contributed by atoms with E-state index < -0.39 is 0 Å². The Morgan fingerprint density at radius 3 is 0.880 bits per heavy atom. The molecule has 0 unspecified atom stereocenters. The predicted octanol–water partition coefficient (Wildman–Crippen LogP) is -6.89. The molecule has 8 fully saturated rings. The fourth-order valence-corrected chi connectivity index (χ4v) is 12.0. The van der Waals surface area contributed by atoms with Crippen molar-refractivity contribution in [1.82, 2.24) is 29.4 Å². The van der Waals surface area contributed by atoms with E-state index in [1.54, 1.807) is 0 Å². The summed E-state index contributed by atoms with van der Waals surface area (Å²) in [4.78, 5) is 15.4. The van der Waals surface area contributed by atoms with Gasteiger partial charge in [-0.2, -0.15) is 0 Å². The van der Waals surface area contributed by atoms with E-state index in [0.717, 1.165) is 38.5 Å². The van der Waals surface area contributed by atoms with Crippen molar-refractivity contribution in [3.63, 3.8) is 0 Å². The third-order valence-electron chi connectivity index (χ3n) is 8.73. The molecular formula is C34H56Cl4N6O2P2Ru2. The topological polar surface area (TPSA) is 59.9 Å². The van der Waals surface area contributed by atoms with E-state index in [4.69, 9.17) is 10.2 Å². The van der Waals surface area contributed by atoms with Gasteiger partial charge in [0.05, 0.1) is 40.0 Å². The maximum atomic E-state index is 8.56. The van der Waals surface area contributed by atoms with Gasteiger partial charge in [-0.15, -0.1) is 0 Å². The van der Waals surface area contributed by atoms with Crippen LogP contribution in [0.3, 0.4) is 0 Å². The summed E-state index contributed by atoms with van der Waals surface area (Å²) >= 11 is 0. The van der Waals surface area contributed by atoms with Crippen LogP contribution in [0, 0.1) is 0 Å². The molecule has 0 saturated carbocycles. The fourth-order valence-electron chi connectivity index (χ4n) is 6.99. The van der Waals surface area contributed by atoms with Crippen LogP contribution in [0.5, 0.6) is 0 Å². The van der Waals surface area contributed by atoms with Crippen LogP contribution in [0.1, 0.15) is 49.7 Å². The van der Waals surface area contributed by atoms with Crippen molar-refractivity contribution >= 4 is 15.8 Å². The quantitative estimate of drug-likeness (QED) is 0.139. The molecule has 50 heavy (non-hydrogen) atoms. The SMILES string of the molecule is C1N2CN3CN1CP(C2)C3.C1N2CN3CN1CP(C2)C3.OCCCCCc1ccccc1.OCCCCCc1ccccc1.[Cl-].[Cl-].[Cl-].[Cl-].[Ru+2].[Ru+2]. The van der Waals surface area contributed by atoms with E-state index in [2.05, 4.69) is 77.9 Å². The first kappa shape index (κ1) is 53.5. The maximum Gasteiger partial charge on any atom is 2.00 e. The summed E-state index contributed by atoms with van der Waals surface area (Å²) in [5, 5.41) is 17.1. The van der Waals surface area contributed by atoms with Gasteiger partial charge in [0.25, 0.3) is 0 Å². The summed E-state index contributed by atoms with van der Waals surface area (Å²) in [7, 11) is 0.732. The van der Waals surface area contributed by atoms with Crippen molar-refractivity contribution in [2.24, 2.45) is 0 Å². The van der Waals surface area contributed by atoms with Crippen molar-refractivity contribution in [1.29, 1.82) is 0 Å². The normalized spacial score (nSPS) is 27.9. The smallest absolute Gasteiger partial charge is 1.00 e. The zero-order valence-corrected chi connectivity index (χ0v) is 37.3. The molecule has 10 rings (SSSR count). The first-order valence-electron chi connectivity index (χ1n) is 16.8. The molecule has 0 aromatic heterocycles. The molecule has 16 heteroatoms. The predicted molar refractivity (Wildman–Crippen MR) is 185 cm³/mol. The zero-order chi connectivity index (χ0) is 30.4. The van der Waals surface area contributed by atoms with E-state index in [1.807, 2.05) is 12.1 Å². The molecule has 2 N–H and O–H groups in total. The molecule has 0 amide bonds. The summed E-state index contributed by atoms with van der Waals surface area (Å²) in [5.74, 6) is 0. The number of unbranched alkanes of at least 4 members (excludes halogenated alkanes) is 4. The minimum Gasteiger partial charge on any atom is -1.00 e. The number of aliphatic hydroxyl groups excluding tert-OH is 2. The molecule has 8 nitrogen and oxygen atoms in total. The van der Waals surface area contributed by atoms with E-state index >= 15 is 0 Å². The number of nitrogens with zero attached hydrogens (tertiary/aromatic N) is 6. The molecule has 8 bridgehead atoms. The summed E-state index contributed by atoms with van der Waals surface area (Å²) < 4.78 is 0. The van der Waals surface area contributed by atoms with Crippen LogP contribution in [0.2, 0.25) is 0 Å². The zero-order valence-electron chi connectivity index (χ0n) is 29.0. The van der Waals surface area contributed by atoms with Gasteiger partial charge in [0.1, 0.15) is 0 Å². The summed E-state index contributed by atoms with van der Waals surface area (Å²) in [5.41, 5.74) is 2.80. The molecule has 8 aliphatic heterocycles. The molecule has 2 aromatic carbocycles. The Morgan fingerprint density at radius 1 is 0.400 bits per heavy atom. The number of halogens is 4. The van der Waals surface area contributed by atoms with Gasteiger partial charge in [0.2, 0.25) is 0 Å². The first-order valence-corrected chi connectivity index (χ1v) is 20.5. The van der Waals surface area contributed by atoms with Crippen molar-refractivity contribution in [3.05, 3.63) is 71.8 Å². The Morgan fingerprint density at radius 2 is 0.660 bits per heavy atom. The summed E-state index contributed by atoms with van der Waals surface area (Å²) in [6.45, 7) is 8.13. The number of aryl methyl sites for hydroxylation is 2. The monoisotopic (exact) mass is 986 g/mol. The van der Waals surface area contributed by atoms with E-state index in [0.29, 0.717) is 29.1 Å². The second-order valence-electron chi connectivity index (χ2n) is 13.1. The first-order chi connectivity index (χ1) is 21.7. The van der Waals surface area contributed by atoms with E-state index in [1.165, 1.54) is 102 Å². The third kappa shape index (κ3) is 19.3. The molecule has 0 aliphatic carbocycles. The second kappa shape index (κ2) is 30.6. The molecule has 8 saturated heterocycles. The molecule has 8 heterocycles. The molecule has 8 aliphatic rings. The average Bonchev–Trinajstić information content (AvgIpc) is 3.02. The molecule has 0 atom stereocenters. The third-order valence-corrected chi connectivity index (χ3v) is 13.5. The minimum absolute atomic E-state index is 0. The van der Waals surface area contributed by atoms with Crippen molar-refractivity contribution in [2.45, 2.75) is 51.4 Å². The summed E-state index contributed by atoms with van der Waals surface area (Å²) in [6.07, 6.45) is 17.3. The minimum atomic E-state index is 0. The number of aliphatic hydroxyl groups is 2. The van der Waals surface area contributed by atoms with Gasteiger partial charge in [0.15, 0.2) is 0 Å². The van der Waals surface area contributed by atoms with Gasteiger partial charge in [-0.25, -0.2) is 0 Å². The van der Waals surface area contributed by atoms with Crippen LogP contribution >= 0.6 is 15.8 Å². The Balaban J connectivity index is 0. The molecule has 2 aromatic rings. The van der Waals surface area contributed by atoms with Crippen LogP contribution in [0.15, 0.2) is 60.7 Å². The van der Waals surface area contributed by atoms with Crippen molar-refractivity contribution in [2.75, 3.05) is 90.9 Å². The number of hydrogen-bond donors (Lipinski definition) is 2. The molecule has 0 radical (unpaired) electrons. The number of rotatable bonds is 10. The molecule has 288 valence electrons. The van der Waals surface area contributed by atoms with Crippen molar-refractivity contribution in [3.8, 4) is 0 Å². The van der Waals surface area contributed by atoms with Crippen LogP contribution < -0.4 is 49.6 Å². The van der Waals surface area contributed by atoms with Crippen LogP contribution in [0.4, 0.5) is 0 Å². The standard InChI is InChI=1S/2C11H16O.2C6H12N3P.4ClH.2Ru/c2*12-10-6-2-5-9-11-7-3-1-4-8-11;2*1-7-2-9-3-8(1)5-10(4-7)6-9;;;;;;/h2*1,3-4,7-8,12H,2,5-6,9-10H2;2*1-6H2;4*1H;;/q;;;;;;;;2*+2/p-4. The largest absolute Gasteiger partial charge is 2.00 e. The fraction of sp³-hybridized carbons (Fsp3) is 0.647. The summed E-state index contributed by atoms with van der Waals surface area (Å²) in [6, 6.07) is 21.0. The average molecular weight is 987 g/mol. The van der Waals surface area contributed by atoms with Gasteiger partial charge in [-0.1, -0.05) is 89.3 Å². The number of benzene rings is 2. The van der Waals surface area contributed by atoms with Crippen molar-refractivity contribution < 1.29 is 98.8 Å². The van der Waals surface area contributed by atoms with Gasteiger partial charge in [-0.3, -0.25) is 29.4 Å². The Labute approximate surface area is 355 Å². The van der Waals surface area contributed by atoms with Gasteiger partial charge >= 0.3 is 39.0 Å². The van der Waals surface area contributed by atoms with Gasteiger partial charge in [-0.05, 0) is 49.7 Å². The van der Waals surface area contributed by atoms with Crippen LogP contribution in [-0.4, -0.2) is 131 Å². The second-order valence-corrected chi connectivity index (χ2v) is 17.5. The van der Waals surface area contributed by atoms with E-state index in [-0.39, 0.29) is 88.6 Å². The van der Waals surface area contributed by atoms with Crippen LogP contribution in [-0.2, 0) is 51.8 Å². The van der Waals surface area contributed by atoms with E-state index in [9.17, 15) is 0 Å². The number of hydrogen-bond acceptors (Lipinski definition) is 8.